The van der Waals surface area contributed by atoms with Crippen molar-refractivity contribution in [1.82, 2.24) is 0 Å². The standard InChI is InChI=1S/C9H7Cl2NO5S2/c1-2-9(13)12-7-5-6(18(10,14)15)3-4-8(7)19(11,16)17/h2-5H,1H2,(H,12,13). The van der Waals surface area contributed by atoms with Crippen LogP contribution in [0.1, 0.15) is 0 Å². The van der Waals surface area contributed by atoms with Gasteiger partial charge in [-0.1, -0.05) is 6.58 Å². The zero-order valence-electron chi connectivity index (χ0n) is 9.13. The van der Waals surface area contributed by atoms with E-state index in [0.717, 1.165) is 24.3 Å². The Morgan fingerprint density at radius 1 is 1.16 bits per heavy atom. The van der Waals surface area contributed by atoms with Crippen LogP contribution in [-0.2, 0) is 22.9 Å². The Labute approximate surface area is 118 Å². The molecule has 1 aromatic rings. The molecule has 0 unspecified atom stereocenters. The molecule has 0 bridgehead atoms. The lowest BCUT2D eigenvalue weighted by atomic mass is 10.3. The molecule has 0 fully saturated rings. The van der Waals surface area contributed by atoms with E-state index in [0.29, 0.717) is 0 Å². The number of nitrogens with one attached hydrogen (secondary N) is 1. The minimum Gasteiger partial charge on any atom is -0.321 e. The number of benzene rings is 1. The molecular weight excluding hydrogens is 337 g/mol. The maximum atomic E-state index is 11.3. The number of hydrogen-bond donors (Lipinski definition) is 1. The van der Waals surface area contributed by atoms with Crippen molar-refractivity contribution in [2.75, 3.05) is 5.32 Å². The van der Waals surface area contributed by atoms with E-state index in [2.05, 4.69) is 11.9 Å². The zero-order valence-corrected chi connectivity index (χ0v) is 12.3. The average Bonchev–Trinajstić information content (AvgIpc) is 2.26. The summed E-state index contributed by atoms with van der Waals surface area (Å²) < 4.78 is 44.9. The third-order valence-electron chi connectivity index (χ3n) is 1.94. The number of hydrogen-bond acceptors (Lipinski definition) is 5. The summed E-state index contributed by atoms with van der Waals surface area (Å²) >= 11 is 0. The molecule has 0 heterocycles. The predicted molar refractivity (Wildman–Crippen MR) is 71.3 cm³/mol. The van der Waals surface area contributed by atoms with Gasteiger partial charge >= 0.3 is 0 Å². The van der Waals surface area contributed by atoms with E-state index in [1.807, 2.05) is 0 Å². The molecule has 0 aliphatic rings. The van der Waals surface area contributed by atoms with Gasteiger partial charge < -0.3 is 5.32 Å². The van der Waals surface area contributed by atoms with Gasteiger partial charge in [0.2, 0.25) is 5.91 Å². The summed E-state index contributed by atoms with van der Waals surface area (Å²) in [5, 5.41) is 2.14. The van der Waals surface area contributed by atoms with Crippen LogP contribution >= 0.6 is 21.4 Å². The number of rotatable bonds is 4. The third-order valence-corrected chi connectivity index (χ3v) is 4.67. The van der Waals surface area contributed by atoms with E-state index in [-0.39, 0.29) is 10.6 Å². The minimum atomic E-state index is -4.16. The van der Waals surface area contributed by atoms with Crippen molar-refractivity contribution in [2.45, 2.75) is 9.79 Å². The molecule has 10 heteroatoms. The lowest BCUT2D eigenvalue weighted by molar-refractivity contribution is -0.111. The van der Waals surface area contributed by atoms with Crippen molar-refractivity contribution in [1.29, 1.82) is 0 Å². The van der Waals surface area contributed by atoms with Crippen LogP contribution in [0, 0.1) is 0 Å². The summed E-state index contributed by atoms with van der Waals surface area (Å²) in [7, 11) is 2.06. The topological polar surface area (TPSA) is 97.4 Å². The summed E-state index contributed by atoms with van der Waals surface area (Å²) in [5.41, 5.74) is -0.304. The van der Waals surface area contributed by atoms with Crippen LogP contribution in [0.4, 0.5) is 5.69 Å². The maximum Gasteiger partial charge on any atom is 0.263 e. The number of amides is 1. The normalized spacial score (nSPS) is 11.9. The van der Waals surface area contributed by atoms with Crippen molar-refractivity contribution in [3.05, 3.63) is 30.9 Å². The molecule has 0 atom stereocenters. The lowest BCUT2D eigenvalue weighted by Gasteiger charge is -2.08. The van der Waals surface area contributed by atoms with Gasteiger partial charge in [-0.15, -0.1) is 0 Å². The van der Waals surface area contributed by atoms with Crippen molar-refractivity contribution >= 4 is 51.1 Å². The van der Waals surface area contributed by atoms with E-state index in [4.69, 9.17) is 21.4 Å². The molecule has 1 amide bonds. The van der Waals surface area contributed by atoms with Crippen molar-refractivity contribution in [3.63, 3.8) is 0 Å². The smallest absolute Gasteiger partial charge is 0.263 e. The van der Waals surface area contributed by atoms with Crippen molar-refractivity contribution in [2.24, 2.45) is 0 Å². The molecule has 19 heavy (non-hydrogen) atoms. The summed E-state index contributed by atoms with van der Waals surface area (Å²) in [4.78, 5) is 10.3. The molecule has 0 aromatic heterocycles. The van der Waals surface area contributed by atoms with E-state index in [1.54, 1.807) is 0 Å². The fourth-order valence-corrected chi connectivity index (χ4v) is 2.94. The summed E-state index contributed by atoms with van der Waals surface area (Å²) in [6.45, 7) is 3.18. The van der Waals surface area contributed by atoms with E-state index in [1.165, 1.54) is 0 Å². The molecular formula is C9H7Cl2NO5S2. The molecule has 1 N–H and O–H groups in total. The van der Waals surface area contributed by atoms with Crippen LogP contribution in [0.15, 0.2) is 40.6 Å². The van der Waals surface area contributed by atoms with E-state index >= 15 is 0 Å². The zero-order chi connectivity index (χ0) is 14.8. The molecule has 6 nitrogen and oxygen atoms in total. The Balaban J connectivity index is 3.52. The first-order chi connectivity index (χ1) is 8.55. The second-order valence-corrected chi connectivity index (χ2v) is 8.33. The quantitative estimate of drug-likeness (QED) is 0.662. The molecule has 104 valence electrons. The van der Waals surface area contributed by atoms with Crippen LogP contribution in [0.5, 0.6) is 0 Å². The number of halogens is 2. The van der Waals surface area contributed by atoms with Gasteiger partial charge in [0.1, 0.15) is 4.90 Å². The van der Waals surface area contributed by atoms with Gasteiger partial charge in [-0.25, -0.2) is 16.8 Å². The first kappa shape index (κ1) is 16.0. The van der Waals surface area contributed by atoms with Crippen molar-refractivity contribution in [3.8, 4) is 0 Å². The first-order valence-corrected chi connectivity index (χ1v) is 9.14. The van der Waals surface area contributed by atoms with Crippen molar-refractivity contribution < 1.29 is 21.6 Å². The maximum absolute atomic E-state index is 11.3. The van der Waals surface area contributed by atoms with Gasteiger partial charge in [0.05, 0.1) is 10.6 Å². The van der Waals surface area contributed by atoms with Gasteiger partial charge in [-0.3, -0.25) is 4.79 Å². The highest BCUT2D eigenvalue weighted by Crippen LogP contribution is 2.28. The third kappa shape index (κ3) is 4.20. The van der Waals surface area contributed by atoms with Gasteiger partial charge in [0, 0.05) is 21.4 Å². The largest absolute Gasteiger partial charge is 0.321 e. The van der Waals surface area contributed by atoms with Crippen LogP contribution in [0.2, 0.25) is 0 Å². The monoisotopic (exact) mass is 343 g/mol. The minimum absolute atomic E-state index is 0.304. The Kier molecular flexibility index (Phi) is 4.62. The van der Waals surface area contributed by atoms with Gasteiger partial charge in [-0.2, -0.15) is 0 Å². The molecule has 0 saturated carbocycles. The molecule has 0 saturated heterocycles. The van der Waals surface area contributed by atoms with Crippen LogP contribution in [0.3, 0.4) is 0 Å². The Morgan fingerprint density at radius 3 is 2.16 bits per heavy atom. The van der Waals surface area contributed by atoms with Crippen LogP contribution in [0.25, 0.3) is 0 Å². The number of carbonyl (C=O) groups is 1. The Morgan fingerprint density at radius 2 is 1.74 bits per heavy atom. The first-order valence-electron chi connectivity index (χ1n) is 4.52. The average molecular weight is 344 g/mol. The van der Waals surface area contributed by atoms with E-state index < -0.39 is 28.9 Å². The van der Waals surface area contributed by atoms with Gasteiger partial charge in [0.25, 0.3) is 18.1 Å². The number of anilines is 1. The van der Waals surface area contributed by atoms with Crippen LogP contribution in [-0.4, -0.2) is 22.7 Å². The molecule has 1 aromatic carbocycles. The molecule has 0 aliphatic heterocycles. The Bertz CT molecular complexity index is 740. The molecule has 0 spiro atoms. The Hall–Kier alpha value is -1.09. The lowest BCUT2D eigenvalue weighted by Crippen LogP contribution is -2.11. The fraction of sp³-hybridized carbons (Fsp3) is 0. The molecule has 0 aliphatic carbocycles. The molecule has 1 rings (SSSR count). The fourth-order valence-electron chi connectivity index (χ4n) is 1.15. The van der Waals surface area contributed by atoms with Gasteiger partial charge in [-0.05, 0) is 24.3 Å². The highest BCUT2D eigenvalue weighted by Gasteiger charge is 2.20. The highest BCUT2D eigenvalue weighted by atomic mass is 35.7. The second-order valence-electron chi connectivity index (χ2n) is 3.23. The summed E-state index contributed by atoms with van der Waals surface area (Å²) in [5.74, 6) is -0.731. The predicted octanol–water partition coefficient (Wildman–Crippen LogP) is 1.67. The number of carbonyl (C=O) groups excluding carboxylic acids is 1. The summed E-state index contributed by atoms with van der Waals surface area (Å²) in [6, 6.07) is 2.77. The summed E-state index contributed by atoms with van der Waals surface area (Å²) in [6.07, 6.45) is 0.881. The highest BCUT2D eigenvalue weighted by molar-refractivity contribution is 8.14. The van der Waals surface area contributed by atoms with E-state index in [9.17, 15) is 21.6 Å². The van der Waals surface area contributed by atoms with Gasteiger partial charge in [0.15, 0.2) is 0 Å². The SMILES string of the molecule is C=CC(=O)Nc1cc(S(=O)(=O)Cl)ccc1S(=O)(=O)Cl. The van der Waals surface area contributed by atoms with Crippen LogP contribution < -0.4 is 5.32 Å². The second kappa shape index (κ2) is 5.49. The molecule has 0 radical (unpaired) electrons.